The van der Waals surface area contributed by atoms with Crippen LogP contribution in [0.1, 0.15) is 43.0 Å². The summed E-state index contributed by atoms with van der Waals surface area (Å²) in [5.74, 6) is 0.283. The number of ether oxygens (including phenoxy) is 1. The molecule has 0 radical (unpaired) electrons. The molecule has 0 unspecified atom stereocenters. The van der Waals surface area contributed by atoms with Crippen LogP contribution >= 0.6 is 0 Å². The quantitative estimate of drug-likeness (QED) is 0.135. The summed E-state index contributed by atoms with van der Waals surface area (Å²) in [4.78, 5) is 30.4. The molecular formula is C42H45N3O5S. The molecule has 264 valence electrons. The van der Waals surface area contributed by atoms with E-state index in [1.165, 1.54) is 17.0 Å². The van der Waals surface area contributed by atoms with Gasteiger partial charge in [0, 0.05) is 18.5 Å². The third-order valence-electron chi connectivity index (χ3n) is 8.20. The number of aryl methyl sites for hydroxylation is 2. The zero-order valence-electron chi connectivity index (χ0n) is 29.7. The van der Waals surface area contributed by atoms with Crippen LogP contribution in [-0.2, 0) is 32.6 Å². The fourth-order valence-electron chi connectivity index (χ4n) is 5.69. The van der Waals surface area contributed by atoms with E-state index in [1.807, 2.05) is 120 Å². The Morgan fingerprint density at radius 2 is 1.29 bits per heavy atom. The van der Waals surface area contributed by atoms with Gasteiger partial charge in [0.2, 0.25) is 11.8 Å². The Morgan fingerprint density at radius 1 is 0.706 bits per heavy atom. The van der Waals surface area contributed by atoms with Gasteiger partial charge in [0.25, 0.3) is 10.0 Å². The SMILES string of the molecule is Cc1ccc(S(=O)(=O)N(CC(=O)N(Cc2cccc(C)c2)[C@@H](Cc2ccccc2)C(=O)NC(C)(C)C)c2ccc(Oc3ccccc3)cc2)cc1. The maximum Gasteiger partial charge on any atom is 0.264 e. The summed E-state index contributed by atoms with van der Waals surface area (Å²) in [7, 11) is -4.24. The molecular weight excluding hydrogens is 659 g/mol. The van der Waals surface area contributed by atoms with Crippen molar-refractivity contribution in [3.63, 3.8) is 0 Å². The first-order chi connectivity index (χ1) is 24.3. The zero-order valence-corrected chi connectivity index (χ0v) is 30.6. The van der Waals surface area contributed by atoms with Crippen molar-refractivity contribution < 1.29 is 22.7 Å². The van der Waals surface area contributed by atoms with Crippen molar-refractivity contribution in [1.82, 2.24) is 10.2 Å². The second-order valence-electron chi connectivity index (χ2n) is 13.7. The lowest BCUT2D eigenvalue weighted by Gasteiger charge is -2.35. The number of rotatable bonds is 13. The second-order valence-corrected chi connectivity index (χ2v) is 15.6. The highest BCUT2D eigenvalue weighted by molar-refractivity contribution is 7.92. The number of para-hydroxylation sites is 1. The Labute approximate surface area is 301 Å². The van der Waals surface area contributed by atoms with Gasteiger partial charge in [0.15, 0.2) is 0 Å². The zero-order chi connectivity index (χ0) is 36.6. The van der Waals surface area contributed by atoms with E-state index in [2.05, 4.69) is 5.32 Å². The predicted molar refractivity (Wildman–Crippen MR) is 202 cm³/mol. The molecule has 0 heterocycles. The summed E-state index contributed by atoms with van der Waals surface area (Å²) >= 11 is 0. The van der Waals surface area contributed by atoms with Crippen LogP contribution in [0.2, 0.25) is 0 Å². The summed E-state index contributed by atoms with van der Waals surface area (Å²) in [6.07, 6.45) is 0.233. The van der Waals surface area contributed by atoms with Crippen LogP contribution in [0, 0.1) is 13.8 Å². The van der Waals surface area contributed by atoms with E-state index in [9.17, 15) is 18.0 Å². The third-order valence-corrected chi connectivity index (χ3v) is 9.98. The summed E-state index contributed by atoms with van der Waals surface area (Å²) < 4.78 is 35.9. The molecule has 0 aliphatic carbocycles. The van der Waals surface area contributed by atoms with E-state index >= 15 is 0 Å². The first kappa shape index (κ1) is 36.9. The van der Waals surface area contributed by atoms with Crippen molar-refractivity contribution in [3.8, 4) is 11.5 Å². The Morgan fingerprint density at radius 3 is 1.90 bits per heavy atom. The standard InChI is InChI=1S/C42H45N3O5S/c1-31-19-25-38(26-20-31)51(48,49)45(35-21-23-37(24-22-35)50-36-17-10-7-11-18-36)30-40(46)44(29-34-16-12-13-32(2)27-34)39(41(47)43-42(3,4)5)28-33-14-8-6-9-15-33/h6-27,39H,28-30H2,1-5H3,(H,43,47)/t39-/m0/s1. The number of nitrogens with one attached hydrogen (secondary N) is 1. The van der Waals surface area contributed by atoms with Crippen LogP contribution < -0.4 is 14.4 Å². The Balaban J connectivity index is 1.57. The number of hydrogen-bond acceptors (Lipinski definition) is 5. The van der Waals surface area contributed by atoms with Crippen LogP contribution in [0.25, 0.3) is 0 Å². The van der Waals surface area contributed by atoms with E-state index in [0.29, 0.717) is 11.5 Å². The third kappa shape index (κ3) is 10.1. The van der Waals surface area contributed by atoms with Gasteiger partial charge in [-0.3, -0.25) is 13.9 Å². The topological polar surface area (TPSA) is 96.0 Å². The van der Waals surface area contributed by atoms with Gasteiger partial charge in [-0.15, -0.1) is 0 Å². The van der Waals surface area contributed by atoms with Crippen LogP contribution in [-0.4, -0.2) is 43.3 Å². The van der Waals surface area contributed by atoms with Crippen LogP contribution in [0.3, 0.4) is 0 Å². The number of hydrogen-bond donors (Lipinski definition) is 1. The van der Waals surface area contributed by atoms with Gasteiger partial charge >= 0.3 is 0 Å². The minimum Gasteiger partial charge on any atom is -0.457 e. The van der Waals surface area contributed by atoms with Gasteiger partial charge < -0.3 is 15.0 Å². The van der Waals surface area contributed by atoms with Crippen molar-refractivity contribution in [2.75, 3.05) is 10.8 Å². The van der Waals surface area contributed by atoms with Crippen molar-refractivity contribution >= 4 is 27.5 Å². The van der Waals surface area contributed by atoms with E-state index in [-0.39, 0.29) is 29.5 Å². The molecule has 5 aromatic carbocycles. The Hall–Kier alpha value is -5.41. The maximum atomic E-state index is 14.8. The molecule has 0 spiro atoms. The van der Waals surface area contributed by atoms with Crippen LogP contribution in [0.4, 0.5) is 5.69 Å². The molecule has 5 rings (SSSR count). The molecule has 1 atom stereocenters. The molecule has 0 aromatic heterocycles. The number of anilines is 1. The fourth-order valence-corrected chi connectivity index (χ4v) is 7.10. The molecule has 0 bridgehead atoms. The molecule has 0 fully saturated rings. The number of carbonyl (C=O) groups excluding carboxylic acids is 2. The number of carbonyl (C=O) groups is 2. The first-order valence-corrected chi connectivity index (χ1v) is 18.4. The van der Waals surface area contributed by atoms with Crippen molar-refractivity contribution in [2.45, 2.75) is 64.1 Å². The molecule has 8 nitrogen and oxygen atoms in total. The Kier molecular flexibility index (Phi) is 11.6. The van der Waals surface area contributed by atoms with Gasteiger partial charge in [-0.1, -0.05) is 96.1 Å². The van der Waals surface area contributed by atoms with Gasteiger partial charge in [-0.25, -0.2) is 8.42 Å². The smallest absolute Gasteiger partial charge is 0.264 e. The van der Waals surface area contributed by atoms with Crippen molar-refractivity contribution in [3.05, 3.63) is 156 Å². The van der Waals surface area contributed by atoms with Gasteiger partial charge in [0.1, 0.15) is 24.1 Å². The average molecular weight is 704 g/mol. The molecule has 9 heteroatoms. The summed E-state index contributed by atoms with van der Waals surface area (Å²) in [6, 6.07) is 38.7. The maximum absolute atomic E-state index is 14.8. The van der Waals surface area contributed by atoms with Crippen LogP contribution in [0.15, 0.2) is 138 Å². The van der Waals surface area contributed by atoms with E-state index in [1.54, 1.807) is 36.4 Å². The van der Waals surface area contributed by atoms with Crippen LogP contribution in [0.5, 0.6) is 11.5 Å². The lowest BCUT2D eigenvalue weighted by Crippen LogP contribution is -2.56. The fraction of sp³-hybridized carbons (Fsp3) is 0.238. The highest BCUT2D eigenvalue weighted by atomic mass is 32.2. The second kappa shape index (κ2) is 16.1. The number of benzene rings is 5. The number of amides is 2. The molecule has 0 saturated carbocycles. The molecule has 0 aliphatic heterocycles. The normalized spacial score (nSPS) is 12.1. The predicted octanol–water partition coefficient (Wildman–Crippen LogP) is 7.85. The van der Waals surface area contributed by atoms with Gasteiger partial charge in [0.05, 0.1) is 10.6 Å². The summed E-state index contributed by atoms with van der Waals surface area (Å²) in [5, 5.41) is 3.07. The molecule has 0 aliphatic rings. The number of sulfonamides is 1. The monoisotopic (exact) mass is 703 g/mol. The lowest BCUT2D eigenvalue weighted by atomic mass is 10.0. The van der Waals surface area contributed by atoms with E-state index in [4.69, 9.17) is 4.74 Å². The molecule has 0 saturated heterocycles. The largest absolute Gasteiger partial charge is 0.457 e. The minimum absolute atomic E-state index is 0.0436. The van der Waals surface area contributed by atoms with E-state index < -0.39 is 34.1 Å². The lowest BCUT2D eigenvalue weighted by molar-refractivity contribution is -0.140. The molecule has 1 N–H and O–H groups in total. The van der Waals surface area contributed by atoms with Crippen molar-refractivity contribution in [2.24, 2.45) is 0 Å². The molecule has 51 heavy (non-hydrogen) atoms. The highest BCUT2D eigenvalue weighted by Gasteiger charge is 2.35. The average Bonchev–Trinajstić information content (AvgIpc) is 3.09. The molecule has 2 amide bonds. The van der Waals surface area contributed by atoms with Gasteiger partial charge in [-0.05, 0) is 94.3 Å². The minimum atomic E-state index is -4.24. The molecule has 5 aromatic rings. The van der Waals surface area contributed by atoms with Gasteiger partial charge in [-0.2, -0.15) is 0 Å². The number of nitrogens with zero attached hydrogens (tertiary/aromatic N) is 2. The first-order valence-electron chi connectivity index (χ1n) is 16.9. The highest BCUT2D eigenvalue weighted by Crippen LogP contribution is 2.29. The Bertz CT molecular complexity index is 2030. The summed E-state index contributed by atoms with van der Waals surface area (Å²) in [6.45, 7) is 9.05. The van der Waals surface area contributed by atoms with Crippen molar-refractivity contribution in [1.29, 1.82) is 0 Å². The summed E-state index contributed by atoms with van der Waals surface area (Å²) in [5.41, 5.74) is 3.29. The van der Waals surface area contributed by atoms with E-state index in [0.717, 1.165) is 26.6 Å².